The zero-order valence-corrected chi connectivity index (χ0v) is 13.4. The normalized spacial score (nSPS) is 17.3. The summed E-state index contributed by atoms with van der Waals surface area (Å²) in [4.78, 5) is 13.1. The third kappa shape index (κ3) is 3.96. The van der Waals surface area contributed by atoms with E-state index in [1.54, 1.807) is 12.1 Å². The van der Waals surface area contributed by atoms with Crippen molar-refractivity contribution in [3.8, 4) is 11.5 Å². The van der Waals surface area contributed by atoms with Gasteiger partial charge in [0.15, 0.2) is 0 Å². The molecule has 1 aliphatic rings. The lowest BCUT2D eigenvalue weighted by molar-refractivity contribution is -0.137. The summed E-state index contributed by atoms with van der Waals surface area (Å²) in [7, 11) is 0. The first-order chi connectivity index (χ1) is 11.1. The average Bonchev–Trinajstić information content (AvgIpc) is 2.98. The SMILES string of the molecule is O=C(O)C[C@@H]1CCCN1c1ccc(Oc2ccc(Cl)cc2)cc1. The summed E-state index contributed by atoms with van der Waals surface area (Å²) < 4.78 is 5.77. The first-order valence-corrected chi connectivity index (χ1v) is 8.01. The van der Waals surface area contributed by atoms with Crippen molar-refractivity contribution in [2.24, 2.45) is 0 Å². The first-order valence-electron chi connectivity index (χ1n) is 7.64. The molecule has 23 heavy (non-hydrogen) atoms. The van der Waals surface area contributed by atoms with Crippen LogP contribution in [-0.4, -0.2) is 23.7 Å². The molecule has 0 radical (unpaired) electrons. The summed E-state index contributed by atoms with van der Waals surface area (Å²) in [6.07, 6.45) is 2.14. The Morgan fingerprint density at radius 2 is 1.74 bits per heavy atom. The maximum Gasteiger partial charge on any atom is 0.305 e. The molecule has 1 saturated heterocycles. The second-order valence-electron chi connectivity index (χ2n) is 5.64. The Kier molecular flexibility index (Phi) is 4.72. The molecule has 0 spiro atoms. The lowest BCUT2D eigenvalue weighted by atomic mass is 10.1. The number of hydrogen-bond acceptors (Lipinski definition) is 3. The number of rotatable bonds is 5. The highest BCUT2D eigenvalue weighted by Gasteiger charge is 2.26. The van der Waals surface area contributed by atoms with Crippen molar-refractivity contribution >= 4 is 23.3 Å². The highest BCUT2D eigenvalue weighted by molar-refractivity contribution is 6.30. The van der Waals surface area contributed by atoms with Gasteiger partial charge in [-0.15, -0.1) is 0 Å². The van der Waals surface area contributed by atoms with E-state index in [2.05, 4.69) is 4.90 Å². The number of halogens is 1. The van der Waals surface area contributed by atoms with Crippen molar-refractivity contribution in [2.75, 3.05) is 11.4 Å². The van der Waals surface area contributed by atoms with Crippen molar-refractivity contribution in [1.82, 2.24) is 0 Å². The van der Waals surface area contributed by atoms with E-state index in [1.807, 2.05) is 36.4 Å². The molecule has 3 rings (SSSR count). The van der Waals surface area contributed by atoms with Crippen LogP contribution in [-0.2, 0) is 4.79 Å². The number of nitrogens with zero attached hydrogens (tertiary/aromatic N) is 1. The summed E-state index contributed by atoms with van der Waals surface area (Å²) in [5, 5.41) is 9.68. The zero-order chi connectivity index (χ0) is 16.2. The van der Waals surface area contributed by atoms with Crippen LogP contribution in [0.15, 0.2) is 48.5 Å². The molecule has 2 aromatic rings. The van der Waals surface area contributed by atoms with Crippen LogP contribution in [0.25, 0.3) is 0 Å². The van der Waals surface area contributed by atoms with Gasteiger partial charge < -0.3 is 14.7 Å². The molecular weight excluding hydrogens is 314 g/mol. The van der Waals surface area contributed by atoms with E-state index >= 15 is 0 Å². The molecule has 120 valence electrons. The van der Waals surface area contributed by atoms with Gasteiger partial charge in [-0.2, -0.15) is 0 Å². The first kappa shape index (κ1) is 15.7. The van der Waals surface area contributed by atoms with Crippen LogP contribution < -0.4 is 9.64 Å². The van der Waals surface area contributed by atoms with E-state index in [1.165, 1.54) is 0 Å². The van der Waals surface area contributed by atoms with Crippen LogP contribution in [0.4, 0.5) is 5.69 Å². The molecule has 0 amide bonds. The molecule has 1 fully saturated rings. The average molecular weight is 332 g/mol. The van der Waals surface area contributed by atoms with Crippen LogP contribution in [0.5, 0.6) is 11.5 Å². The highest BCUT2D eigenvalue weighted by Crippen LogP contribution is 2.30. The number of hydrogen-bond donors (Lipinski definition) is 1. The molecule has 0 aromatic heterocycles. The summed E-state index contributed by atoms with van der Waals surface area (Å²) in [6.45, 7) is 0.898. The number of anilines is 1. The van der Waals surface area contributed by atoms with Gasteiger partial charge in [0.2, 0.25) is 0 Å². The van der Waals surface area contributed by atoms with E-state index < -0.39 is 5.97 Å². The fourth-order valence-corrected chi connectivity index (χ4v) is 3.06. The number of carbonyl (C=O) groups is 1. The van der Waals surface area contributed by atoms with E-state index in [0.717, 1.165) is 36.6 Å². The van der Waals surface area contributed by atoms with Crippen LogP contribution in [0.3, 0.4) is 0 Å². The van der Waals surface area contributed by atoms with Gasteiger partial charge in [-0.05, 0) is 61.4 Å². The molecule has 0 unspecified atom stereocenters. The third-order valence-electron chi connectivity index (χ3n) is 4.01. The molecule has 0 saturated carbocycles. The minimum atomic E-state index is -0.746. The summed E-state index contributed by atoms with van der Waals surface area (Å²) in [5.74, 6) is 0.724. The van der Waals surface area contributed by atoms with Crippen molar-refractivity contribution in [3.05, 3.63) is 53.6 Å². The fraction of sp³-hybridized carbons (Fsp3) is 0.278. The summed E-state index contributed by atoms with van der Waals surface area (Å²) in [5.41, 5.74) is 1.04. The van der Waals surface area contributed by atoms with E-state index in [4.69, 9.17) is 21.4 Å². The predicted octanol–water partition coefficient (Wildman–Crippen LogP) is 4.58. The molecule has 0 aliphatic carbocycles. The monoisotopic (exact) mass is 331 g/mol. The van der Waals surface area contributed by atoms with Gasteiger partial charge in [-0.25, -0.2) is 0 Å². The smallest absolute Gasteiger partial charge is 0.305 e. The Balaban J connectivity index is 1.69. The molecule has 2 aromatic carbocycles. The Morgan fingerprint density at radius 1 is 1.13 bits per heavy atom. The Bertz CT molecular complexity index is 670. The molecule has 1 atom stereocenters. The topological polar surface area (TPSA) is 49.8 Å². The summed E-state index contributed by atoms with van der Waals surface area (Å²) >= 11 is 5.85. The second-order valence-corrected chi connectivity index (χ2v) is 6.07. The maximum absolute atomic E-state index is 11.0. The molecule has 0 bridgehead atoms. The van der Waals surface area contributed by atoms with Crippen molar-refractivity contribution < 1.29 is 14.6 Å². The molecule has 4 nitrogen and oxygen atoms in total. The van der Waals surface area contributed by atoms with Gasteiger partial charge in [0.25, 0.3) is 0 Å². The van der Waals surface area contributed by atoms with Crippen molar-refractivity contribution in [3.63, 3.8) is 0 Å². The van der Waals surface area contributed by atoms with Crippen molar-refractivity contribution in [2.45, 2.75) is 25.3 Å². The standard InChI is InChI=1S/C18H18ClNO3/c19-13-3-7-16(8-4-13)23-17-9-5-14(6-10-17)20-11-1-2-15(20)12-18(21)22/h3-10,15H,1-2,11-12H2,(H,21,22)/t15-/m0/s1. The van der Waals surface area contributed by atoms with E-state index in [9.17, 15) is 4.79 Å². The van der Waals surface area contributed by atoms with Crippen molar-refractivity contribution in [1.29, 1.82) is 0 Å². The van der Waals surface area contributed by atoms with Crippen LogP contribution in [0.2, 0.25) is 5.02 Å². The fourth-order valence-electron chi connectivity index (χ4n) is 2.93. The van der Waals surface area contributed by atoms with Crippen LogP contribution in [0.1, 0.15) is 19.3 Å². The largest absolute Gasteiger partial charge is 0.481 e. The molecule has 1 aliphatic heterocycles. The maximum atomic E-state index is 11.0. The summed E-state index contributed by atoms with van der Waals surface area (Å²) in [6, 6.07) is 15.0. The Morgan fingerprint density at radius 3 is 2.35 bits per heavy atom. The predicted molar refractivity (Wildman–Crippen MR) is 90.6 cm³/mol. The molecule has 5 heteroatoms. The number of ether oxygens (including phenoxy) is 1. The molecule has 1 heterocycles. The minimum Gasteiger partial charge on any atom is -0.481 e. The minimum absolute atomic E-state index is 0.0792. The highest BCUT2D eigenvalue weighted by atomic mass is 35.5. The number of aliphatic carboxylic acids is 1. The quantitative estimate of drug-likeness (QED) is 0.871. The van der Waals surface area contributed by atoms with Gasteiger partial charge in [0.05, 0.1) is 6.42 Å². The lowest BCUT2D eigenvalue weighted by Gasteiger charge is -2.25. The zero-order valence-electron chi connectivity index (χ0n) is 12.6. The Hall–Kier alpha value is -2.20. The lowest BCUT2D eigenvalue weighted by Crippen LogP contribution is -2.31. The molecular formula is C18H18ClNO3. The number of carboxylic acids is 1. The van der Waals surface area contributed by atoms with Gasteiger partial charge in [-0.1, -0.05) is 11.6 Å². The number of benzene rings is 2. The van der Waals surface area contributed by atoms with E-state index in [-0.39, 0.29) is 12.5 Å². The van der Waals surface area contributed by atoms with Gasteiger partial charge in [-0.3, -0.25) is 4.79 Å². The molecule has 1 N–H and O–H groups in total. The van der Waals surface area contributed by atoms with Gasteiger partial charge >= 0.3 is 5.97 Å². The van der Waals surface area contributed by atoms with E-state index in [0.29, 0.717) is 5.02 Å². The Labute approximate surface area is 140 Å². The second kappa shape index (κ2) is 6.92. The van der Waals surface area contributed by atoms with Crippen LogP contribution >= 0.6 is 11.6 Å². The third-order valence-corrected chi connectivity index (χ3v) is 4.26. The van der Waals surface area contributed by atoms with Crippen LogP contribution in [0, 0.1) is 0 Å². The number of carboxylic acid groups (broad SMARTS) is 1. The van der Waals surface area contributed by atoms with Gasteiger partial charge in [0, 0.05) is 23.3 Å². The van der Waals surface area contributed by atoms with Gasteiger partial charge in [0.1, 0.15) is 11.5 Å².